The maximum atomic E-state index is 11.8. The van der Waals surface area contributed by atoms with E-state index in [1.165, 1.54) is 0 Å². The van der Waals surface area contributed by atoms with Gasteiger partial charge < -0.3 is 4.90 Å². The van der Waals surface area contributed by atoms with Crippen LogP contribution in [0.5, 0.6) is 0 Å². The molecule has 0 aliphatic carbocycles. The van der Waals surface area contributed by atoms with E-state index in [-0.39, 0.29) is 11.2 Å². The fourth-order valence-corrected chi connectivity index (χ4v) is 2.04. The molecule has 0 aromatic heterocycles. The number of rotatable bonds is 1. The zero-order valence-electron chi connectivity index (χ0n) is 11.3. The number of hydrogen-bond donors (Lipinski definition) is 0. The lowest BCUT2D eigenvalue weighted by Gasteiger charge is -2.28. The van der Waals surface area contributed by atoms with Crippen LogP contribution in [0, 0.1) is 17.3 Å². The molecule has 1 heterocycles. The first-order valence-corrected chi connectivity index (χ1v) is 6.34. The molecule has 0 fully saturated rings. The predicted octanol–water partition coefficient (Wildman–Crippen LogP) is 3.13. The number of ketones is 1. The first-order valence-electron chi connectivity index (χ1n) is 6.34. The summed E-state index contributed by atoms with van der Waals surface area (Å²) in [5, 5.41) is 0. The highest BCUT2D eigenvalue weighted by molar-refractivity contribution is 6.03. The molecule has 0 amide bonds. The van der Waals surface area contributed by atoms with Crippen molar-refractivity contribution in [2.45, 2.75) is 27.2 Å². The van der Waals surface area contributed by atoms with Gasteiger partial charge in [-0.05, 0) is 32.9 Å². The van der Waals surface area contributed by atoms with Crippen LogP contribution >= 0.6 is 0 Å². The Morgan fingerprint density at radius 3 is 2.72 bits per heavy atom. The molecule has 1 aliphatic rings. The van der Waals surface area contributed by atoms with Gasteiger partial charge in [0.15, 0.2) is 5.78 Å². The second-order valence-electron chi connectivity index (χ2n) is 5.66. The minimum Gasteiger partial charge on any atom is -0.359 e. The quantitative estimate of drug-likeness (QED) is 0.704. The van der Waals surface area contributed by atoms with Crippen LogP contribution in [-0.2, 0) is 0 Å². The summed E-state index contributed by atoms with van der Waals surface area (Å²) in [5.74, 6) is 6.69. The van der Waals surface area contributed by atoms with E-state index >= 15 is 0 Å². The maximum absolute atomic E-state index is 11.8. The number of carbonyl (C=O) groups is 1. The van der Waals surface area contributed by atoms with E-state index in [0.717, 1.165) is 17.8 Å². The molecule has 0 saturated heterocycles. The maximum Gasteiger partial charge on any atom is 0.166 e. The third-order valence-electron chi connectivity index (χ3n) is 2.89. The lowest BCUT2D eigenvalue weighted by molar-refractivity contribution is 0.0980. The van der Waals surface area contributed by atoms with E-state index in [2.05, 4.69) is 37.5 Å². The summed E-state index contributed by atoms with van der Waals surface area (Å²) in [5.41, 5.74) is 1.89. The summed E-state index contributed by atoms with van der Waals surface area (Å²) < 4.78 is 0. The summed E-state index contributed by atoms with van der Waals surface area (Å²) in [4.78, 5) is 14.0. The summed E-state index contributed by atoms with van der Waals surface area (Å²) in [6.45, 7) is 7.78. The van der Waals surface area contributed by atoms with Crippen molar-refractivity contribution in [1.29, 1.82) is 0 Å². The molecule has 2 heteroatoms. The molecule has 1 aromatic rings. The second kappa shape index (κ2) is 4.86. The summed E-state index contributed by atoms with van der Waals surface area (Å²) in [7, 11) is 0. The molecule has 1 aromatic carbocycles. The third-order valence-corrected chi connectivity index (χ3v) is 2.89. The number of Topliss-reactive ketones (excluding diaryl/α,β-unsaturated/α-hetero) is 1. The molecule has 0 spiro atoms. The van der Waals surface area contributed by atoms with Gasteiger partial charge in [0.1, 0.15) is 0 Å². The van der Waals surface area contributed by atoms with Crippen LogP contribution in [0.25, 0.3) is 0 Å². The highest BCUT2D eigenvalue weighted by atomic mass is 16.1. The summed E-state index contributed by atoms with van der Waals surface area (Å²) >= 11 is 0. The first-order chi connectivity index (χ1) is 8.47. The SMILES string of the molecule is CC(C)(C)C#CCN1CCC(=O)c2ccccc21. The van der Waals surface area contributed by atoms with E-state index in [1.807, 2.05) is 24.3 Å². The number of fused-ring (bicyclic) bond motifs is 1. The largest absolute Gasteiger partial charge is 0.359 e. The average molecular weight is 241 g/mol. The molecule has 0 atom stereocenters. The number of hydrogen-bond acceptors (Lipinski definition) is 2. The van der Waals surface area contributed by atoms with Crippen molar-refractivity contribution in [3.8, 4) is 11.8 Å². The minimum absolute atomic E-state index is 0.0329. The van der Waals surface area contributed by atoms with Crippen LogP contribution in [0.4, 0.5) is 5.69 Å². The normalized spacial score (nSPS) is 14.8. The predicted molar refractivity (Wildman–Crippen MR) is 74.8 cm³/mol. The van der Waals surface area contributed by atoms with E-state index in [9.17, 15) is 4.79 Å². The minimum atomic E-state index is 0.0329. The fraction of sp³-hybridized carbons (Fsp3) is 0.438. The molecule has 18 heavy (non-hydrogen) atoms. The Hall–Kier alpha value is -1.75. The Morgan fingerprint density at radius 2 is 2.00 bits per heavy atom. The number of anilines is 1. The van der Waals surface area contributed by atoms with Gasteiger partial charge in [0.2, 0.25) is 0 Å². The number of nitrogens with zero attached hydrogens (tertiary/aromatic N) is 1. The molecule has 2 rings (SSSR count). The van der Waals surface area contributed by atoms with E-state index in [1.54, 1.807) is 0 Å². The molecule has 0 unspecified atom stereocenters. The van der Waals surface area contributed by atoms with E-state index < -0.39 is 0 Å². The Morgan fingerprint density at radius 1 is 1.28 bits per heavy atom. The van der Waals surface area contributed by atoms with Crippen LogP contribution in [0.15, 0.2) is 24.3 Å². The van der Waals surface area contributed by atoms with Gasteiger partial charge in [0, 0.05) is 29.6 Å². The standard InChI is InChI=1S/C16H19NO/c1-16(2,3)10-6-11-17-12-9-15(18)13-7-4-5-8-14(13)17/h4-5,7-8H,9,11-12H2,1-3H3. The monoisotopic (exact) mass is 241 g/mol. The zero-order valence-corrected chi connectivity index (χ0v) is 11.3. The van der Waals surface area contributed by atoms with Crippen molar-refractivity contribution in [2.75, 3.05) is 18.0 Å². The topological polar surface area (TPSA) is 20.3 Å². The van der Waals surface area contributed by atoms with Crippen LogP contribution < -0.4 is 4.90 Å². The Bertz CT molecular complexity index is 514. The third kappa shape index (κ3) is 2.92. The number of benzene rings is 1. The molecule has 0 N–H and O–H groups in total. The van der Waals surface area contributed by atoms with Crippen LogP contribution in [0.1, 0.15) is 37.6 Å². The van der Waals surface area contributed by atoms with Gasteiger partial charge in [-0.2, -0.15) is 0 Å². The highest BCUT2D eigenvalue weighted by Gasteiger charge is 2.21. The van der Waals surface area contributed by atoms with Crippen molar-refractivity contribution in [1.82, 2.24) is 0 Å². The molecule has 94 valence electrons. The average Bonchev–Trinajstić information content (AvgIpc) is 2.31. The van der Waals surface area contributed by atoms with Gasteiger partial charge in [0.05, 0.1) is 6.54 Å². The smallest absolute Gasteiger partial charge is 0.166 e. The molecule has 1 aliphatic heterocycles. The fourth-order valence-electron chi connectivity index (χ4n) is 2.04. The lowest BCUT2D eigenvalue weighted by atomic mass is 9.97. The van der Waals surface area contributed by atoms with Crippen molar-refractivity contribution < 1.29 is 4.79 Å². The van der Waals surface area contributed by atoms with Gasteiger partial charge in [-0.25, -0.2) is 0 Å². The molecular weight excluding hydrogens is 222 g/mol. The van der Waals surface area contributed by atoms with Gasteiger partial charge in [-0.1, -0.05) is 24.0 Å². The Kier molecular flexibility index (Phi) is 3.43. The highest BCUT2D eigenvalue weighted by Crippen LogP contribution is 2.26. The van der Waals surface area contributed by atoms with Gasteiger partial charge in [-0.15, -0.1) is 0 Å². The van der Waals surface area contributed by atoms with E-state index in [0.29, 0.717) is 13.0 Å². The van der Waals surface area contributed by atoms with Crippen LogP contribution in [0.3, 0.4) is 0 Å². The van der Waals surface area contributed by atoms with Crippen molar-refractivity contribution in [3.05, 3.63) is 29.8 Å². The van der Waals surface area contributed by atoms with Crippen molar-refractivity contribution in [3.63, 3.8) is 0 Å². The molecule has 0 bridgehead atoms. The number of carbonyl (C=O) groups excluding carboxylic acids is 1. The van der Waals surface area contributed by atoms with Gasteiger partial charge in [0.25, 0.3) is 0 Å². The zero-order chi connectivity index (χ0) is 13.2. The first kappa shape index (κ1) is 12.7. The molecule has 0 saturated carbocycles. The van der Waals surface area contributed by atoms with E-state index in [4.69, 9.17) is 0 Å². The van der Waals surface area contributed by atoms with Crippen molar-refractivity contribution in [2.24, 2.45) is 5.41 Å². The van der Waals surface area contributed by atoms with Crippen LogP contribution in [-0.4, -0.2) is 18.9 Å². The summed E-state index contributed by atoms with van der Waals surface area (Å²) in [6, 6.07) is 7.80. The van der Waals surface area contributed by atoms with Crippen LogP contribution in [0.2, 0.25) is 0 Å². The Balaban J connectivity index is 2.19. The Labute approximate surface area is 109 Å². The van der Waals surface area contributed by atoms with Gasteiger partial charge >= 0.3 is 0 Å². The molecule has 0 radical (unpaired) electrons. The summed E-state index contributed by atoms with van der Waals surface area (Å²) in [6.07, 6.45) is 0.591. The van der Waals surface area contributed by atoms with Crippen molar-refractivity contribution >= 4 is 11.5 Å². The van der Waals surface area contributed by atoms with Gasteiger partial charge in [-0.3, -0.25) is 4.79 Å². The number of para-hydroxylation sites is 1. The lowest BCUT2D eigenvalue weighted by Crippen LogP contribution is -2.32. The molecule has 2 nitrogen and oxygen atoms in total. The molecular formula is C16H19NO. The second-order valence-corrected chi connectivity index (χ2v) is 5.66.